The molecule has 0 heterocycles. The Labute approximate surface area is 99.7 Å². The Hall–Kier alpha value is 0.0500. The zero-order chi connectivity index (χ0) is 11.1. The first-order valence-corrected chi connectivity index (χ1v) is 6.74. The van der Waals surface area contributed by atoms with Gasteiger partial charge in [0.2, 0.25) is 0 Å². The topological polar surface area (TPSA) is 9.23 Å². The maximum absolute atomic E-state index is 5.80. The van der Waals surface area contributed by atoms with Gasteiger partial charge in [0.15, 0.2) is 0 Å². The fourth-order valence-corrected chi connectivity index (χ4v) is 2.29. The second-order valence-electron chi connectivity index (χ2n) is 4.67. The summed E-state index contributed by atoms with van der Waals surface area (Å²) in [5, 5.41) is 0. The maximum atomic E-state index is 5.80. The van der Waals surface area contributed by atoms with Gasteiger partial charge >= 0.3 is 0 Å². The van der Waals surface area contributed by atoms with E-state index in [2.05, 4.69) is 38.6 Å². The summed E-state index contributed by atoms with van der Waals surface area (Å²) in [6, 6.07) is 0. The van der Waals surface area contributed by atoms with Gasteiger partial charge in [0, 0.05) is 6.61 Å². The molecule has 1 aliphatic rings. The fourth-order valence-electron chi connectivity index (χ4n) is 1.92. The molecule has 15 heavy (non-hydrogen) atoms. The molecule has 0 saturated carbocycles. The van der Waals surface area contributed by atoms with Crippen molar-refractivity contribution in [3.05, 3.63) is 12.2 Å². The molecular weight excluding hydrogens is 204 g/mol. The van der Waals surface area contributed by atoms with Crippen molar-refractivity contribution in [3.63, 3.8) is 0 Å². The highest BCUT2D eigenvalue weighted by molar-refractivity contribution is 7.80. The fraction of sp³-hybridized carbons (Fsp3) is 0.846. The van der Waals surface area contributed by atoms with Crippen molar-refractivity contribution < 1.29 is 4.74 Å². The first kappa shape index (κ1) is 13.1. The molecule has 0 spiro atoms. The third kappa shape index (κ3) is 4.60. The molecule has 3 atom stereocenters. The molecule has 0 saturated heterocycles. The van der Waals surface area contributed by atoms with E-state index >= 15 is 0 Å². The van der Waals surface area contributed by atoms with Gasteiger partial charge in [-0.3, -0.25) is 0 Å². The minimum absolute atomic E-state index is 0.628. The quantitative estimate of drug-likeness (QED) is 0.540. The molecule has 1 aliphatic carbocycles. The highest BCUT2D eigenvalue weighted by Crippen LogP contribution is 2.25. The molecule has 0 aromatic heterocycles. The van der Waals surface area contributed by atoms with Gasteiger partial charge in [-0.1, -0.05) is 32.4 Å². The molecule has 3 unspecified atom stereocenters. The van der Waals surface area contributed by atoms with Crippen LogP contribution in [0.4, 0.5) is 0 Å². The van der Waals surface area contributed by atoms with E-state index in [4.69, 9.17) is 4.74 Å². The molecule has 0 bridgehead atoms. The molecule has 0 N–H and O–H groups in total. The lowest BCUT2D eigenvalue weighted by Crippen LogP contribution is -2.21. The number of allylic oxidation sites excluding steroid dienone is 2. The molecule has 0 amide bonds. The standard InChI is InChI=1S/C13H24OS/c1-3-12(10-15)8-14-9-13-7-5-4-6-11(13)2/h4-5,11-13,15H,3,6-10H2,1-2H3. The minimum Gasteiger partial charge on any atom is -0.381 e. The molecule has 1 rings (SSSR count). The van der Waals surface area contributed by atoms with Crippen LogP contribution in [0.15, 0.2) is 12.2 Å². The van der Waals surface area contributed by atoms with Gasteiger partial charge in [0.05, 0.1) is 6.61 Å². The maximum Gasteiger partial charge on any atom is 0.0502 e. The first-order chi connectivity index (χ1) is 7.27. The Morgan fingerprint density at radius 3 is 2.73 bits per heavy atom. The van der Waals surface area contributed by atoms with E-state index in [-0.39, 0.29) is 0 Å². The summed E-state index contributed by atoms with van der Waals surface area (Å²) in [7, 11) is 0. The summed E-state index contributed by atoms with van der Waals surface area (Å²) in [6.45, 7) is 6.34. The molecule has 0 aromatic rings. The predicted octanol–water partition coefficient (Wildman–Crippen LogP) is 3.56. The van der Waals surface area contributed by atoms with Gasteiger partial charge in [0.1, 0.15) is 0 Å². The molecule has 1 nitrogen and oxygen atoms in total. The predicted molar refractivity (Wildman–Crippen MR) is 69.5 cm³/mol. The van der Waals surface area contributed by atoms with Crippen LogP contribution in [0.1, 0.15) is 33.1 Å². The van der Waals surface area contributed by atoms with Gasteiger partial charge < -0.3 is 4.74 Å². The van der Waals surface area contributed by atoms with E-state index < -0.39 is 0 Å². The van der Waals surface area contributed by atoms with Crippen molar-refractivity contribution in [2.75, 3.05) is 19.0 Å². The van der Waals surface area contributed by atoms with Crippen molar-refractivity contribution in [1.82, 2.24) is 0 Å². The van der Waals surface area contributed by atoms with Gasteiger partial charge in [-0.15, -0.1) is 0 Å². The van der Waals surface area contributed by atoms with E-state index in [1.807, 2.05) is 0 Å². The smallest absolute Gasteiger partial charge is 0.0502 e. The Balaban J connectivity index is 2.16. The third-order valence-electron chi connectivity index (χ3n) is 3.44. The average Bonchev–Trinajstić information content (AvgIpc) is 2.27. The number of ether oxygens (including phenoxy) is 1. The number of hydrogen-bond donors (Lipinski definition) is 1. The van der Waals surface area contributed by atoms with Crippen LogP contribution in [0.25, 0.3) is 0 Å². The lowest BCUT2D eigenvalue weighted by atomic mass is 9.85. The summed E-state index contributed by atoms with van der Waals surface area (Å²) >= 11 is 4.32. The highest BCUT2D eigenvalue weighted by Gasteiger charge is 2.18. The number of hydrogen-bond acceptors (Lipinski definition) is 2. The monoisotopic (exact) mass is 228 g/mol. The molecule has 0 radical (unpaired) electrons. The van der Waals surface area contributed by atoms with Gasteiger partial charge in [-0.2, -0.15) is 12.6 Å². The summed E-state index contributed by atoms with van der Waals surface area (Å²) < 4.78 is 5.80. The normalized spacial score (nSPS) is 27.9. The molecule has 0 aromatic carbocycles. The van der Waals surface area contributed by atoms with Gasteiger partial charge in [-0.05, 0) is 36.3 Å². The molecule has 2 heteroatoms. The van der Waals surface area contributed by atoms with Gasteiger partial charge in [0.25, 0.3) is 0 Å². The van der Waals surface area contributed by atoms with Crippen molar-refractivity contribution in [2.45, 2.75) is 33.1 Å². The lowest BCUT2D eigenvalue weighted by molar-refractivity contribution is 0.0591. The summed E-state index contributed by atoms with van der Waals surface area (Å²) in [4.78, 5) is 0. The van der Waals surface area contributed by atoms with Crippen molar-refractivity contribution in [3.8, 4) is 0 Å². The van der Waals surface area contributed by atoms with Crippen LogP contribution in [0.5, 0.6) is 0 Å². The van der Waals surface area contributed by atoms with Crippen molar-refractivity contribution in [1.29, 1.82) is 0 Å². The zero-order valence-electron chi connectivity index (χ0n) is 9.98. The number of rotatable bonds is 6. The van der Waals surface area contributed by atoms with Crippen LogP contribution >= 0.6 is 12.6 Å². The van der Waals surface area contributed by atoms with Crippen LogP contribution in [0.2, 0.25) is 0 Å². The Bertz CT molecular complexity index is 187. The van der Waals surface area contributed by atoms with Crippen LogP contribution in [0, 0.1) is 17.8 Å². The van der Waals surface area contributed by atoms with E-state index in [0.717, 1.165) is 30.8 Å². The van der Waals surface area contributed by atoms with Gasteiger partial charge in [-0.25, -0.2) is 0 Å². The van der Waals surface area contributed by atoms with E-state index in [9.17, 15) is 0 Å². The van der Waals surface area contributed by atoms with Crippen molar-refractivity contribution in [2.24, 2.45) is 17.8 Å². The van der Waals surface area contributed by atoms with E-state index in [1.165, 1.54) is 19.3 Å². The molecular formula is C13H24OS. The molecule has 88 valence electrons. The largest absolute Gasteiger partial charge is 0.381 e. The Morgan fingerprint density at radius 2 is 2.13 bits per heavy atom. The zero-order valence-corrected chi connectivity index (χ0v) is 10.9. The number of thiol groups is 1. The Morgan fingerprint density at radius 1 is 1.40 bits per heavy atom. The SMILES string of the molecule is CCC(CS)COCC1CC=CCC1C. The molecule has 0 fully saturated rings. The van der Waals surface area contributed by atoms with Crippen LogP contribution in [0.3, 0.4) is 0 Å². The second kappa shape index (κ2) is 7.34. The average molecular weight is 228 g/mol. The van der Waals surface area contributed by atoms with E-state index in [1.54, 1.807) is 0 Å². The van der Waals surface area contributed by atoms with Crippen LogP contribution in [-0.4, -0.2) is 19.0 Å². The summed E-state index contributed by atoms with van der Waals surface area (Å²) in [6.07, 6.45) is 8.17. The van der Waals surface area contributed by atoms with E-state index in [0.29, 0.717) is 5.92 Å². The highest BCUT2D eigenvalue weighted by atomic mass is 32.1. The van der Waals surface area contributed by atoms with Crippen LogP contribution in [-0.2, 0) is 4.74 Å². The second-order valence-corrected chi connectivity index (χ2v) is 5.04. The van der Waals surface area contributed by atoms with Crippen LogP contribution < -0.4 is 0 Å². The Kier molecular flexibility index (Phi) is 6.42. The van der Waals surface area contributed by atoms with Crippen molar-refractivity contribution >= 4 is 12.6 Å². The minimum atomic E-state index is 0.628. The summed E-state index contributed by atoms with van der Waals surface area (Å²) in [5.41, 5.74) is 0. The lowest BCUT2D eigenvalue weighted by Gasteiger charge is -2.25. The third-order valence-corrected chi connectivity index (χ3v) is 3.96. The molecule has 0 aliphatic heterocycles. The first-order valence-electron chi connectivity index (χ1n) is 6.11. The summed E-state index contributed by atoms with van der Waals surface area (Å²) in [5.74, 6) is 3.08.